The predicted molar refractivity (Wildman–Crippen MR) is 199 cm³/mol. The Labute approximate surface area is 298 Å². The fourth-order valence-corrected chi connectivity index (χ4v) is 8.32. The maximum atomic E-state index is 14.0. The highest BCUT2D eigenvalue weighted by molar-refractivity contribution is 6.32. The Balaban J connectivity index is 1.22. The molecular formula is C41H44ClN3O5. The lowest BCUT2D eigenvalue weighted by Crippen LogP contribution is -2.59. The number of benzene rings is 3. The van der Waals surface area contributed by atoms with E-state index in [0.717, 1.165) is 60.9 Å². The third-order valence-electron chi connectivity index (χ3n) is 10.9. The first-order valence-electron chi connectivity index (χ1n) is 17.9. The number of halogens is 1. The van der Waals surface area contributed by atoms with Crippen LogP contribution < -0.4 is 15.0 Å². The Morgan fingerprint density at radius 3 is 2.52 bits per heavy atom. The van der Waals surface area contributed by atoms with Gasteiger partial charge in [-0.05, 0) is 104 Å². The van der Waals surface area contributed by atoms with Crippen molar-refractivity contribution in [2.45, 2.75) is 82.7 Å². The minimum atomic E-state index is -1.08. The Kier molecular flexibility index (Phi) is 9.49. The number of carboxylic acids is 1. The Bertz CT molecular complexity index is 2000. The fraction of sp³-hybridized carbons (Fsp3) is 0.390. The maximum absolute atomic E-state index is 14.0. The van der Waals surface area contributed by atoms with Crippen LogP contribution in [-0.4, -0.2) is 53.1 Å². The molecule has 7 rings (SSSR count). The van der Waals surface area contributed by atoms with Gasteiger partial charge >= 0.3 is 5.97 Å². The van der Waals surface area contributed by atoms with Gasteiger partial charge in [0.1, 0.15) is 5.75 Å². The van der Waals surface area contributed by atoms with Gasteiger partial charge in [-0.3, -0.25) is 9.59 Å². The summed E-state index contributed by atoms with van der Waals surface area (Å²) in [5, 5.41) is 13.8. The fourth-order valence-electron chi connectivity index (χ4n) is 8.14. The lowest BCUT2D eigenvalue weighted by Gasteiger charge is -2.41. The van der Waals surface area contributed by atoms with Crippen molar-refractivity contribution >= 4 is 51.9 Å². The number of hydrogen-bond donors (Lipinski definition) is 2. The zero-order chi connectivity index (χ0) is 35.0. The Hall–Kier alpha value is -4.56. The van der Waals surface area contributed by atoms with E-state index in [2.05, 4.69) is 46.1 Å². The summed E-state index contributed by atoms with van der Waals surface area (Å²) in [5.74, 6) is -0.0634. The van der Waals surface area contributed by atoms with Crippen molar-refractivity contribution in [1.29, 1.82) is 0 Å². The average Bonchev–Trinajstić information content (AvgIpc) is 3.34. The van der Waals surface area contributed by atoms with E-state index >= 15 is 0 Å². The van der Waals surface area contributed by atoms with Gasteiger partial charge in [-0.1, -0.05) is 43.0 Å². The van der Waals surface area contributed by atoms with Crippen molar-refractivity contribution in [1.82, 2.24) is 9.88 Å². The third-order valence-corrected chi connectivity index (χ3v) is 11.3. The first-order chi connectivity index (χ1) is 24.2. The highest BCUT2D eigenvalue weighted by atomic mass is 35.5. The number of nitrogens with one attached hydrogen (secondary N) is 1. The van der Waals surface area contributed by atoms with Crippen molar-refractivity contribution in [2.75, 3.05) is 25.1 Å². The van der Waals surface area contributed by atoms with Gasteiger partial charge < -0.3 is 24.6 Å². The van der Waals surface area contributed by atoms with E-state index in [-0.39, 0.29) is 18.1 Å². The van der Waals surface area contributed by atoms with E-state index in [9.17, 15) is 14.4 Å². The Morgan fingerprint density at radius 1 is 1.00 bits per heavy atom. The number of carbonyl (C=O) groups excluding carboxylic acids is 2. The largest absolute Gasteiger partial charge is 0.494 e. The van der Waals surface area contributed by atoms with Gasteiger partial charge in [0.25, 0.3) is 5.91 Å². The summed E-state index contributed by atoms with van der Waals surface area (Å²) in [5.41, 5.74) is 6.90. The van der Waals surface area contributed by atoms with Gasteiger partial charge in [0.2, 0.25) is 0 Å². The number of ether oxygens (including phenoxy) is 1. The molecule has 9 heteroatoms. The van der Waals surface area contributed by atoms with Crippen LogP contribution in [0.2, 0.25) is 5.02 Å². The quantitative estimate of drug-likeness (QED) is 0.162. The van der Waals surface area contributed by atoms with E-state index in [1.54, 1.807) is 18.2 Å². The maximum Gasteiger partial charge on any atom is 0.328 e. The van der Waals surface area contributed by atoms with Gasteiger partial charge in [0.15, 0.2) is 5.78 Å². The summed E-state index contributed by atoms with van der Waals surface area (Å²) in [6.07, 6.45) is 10.6. The first kappa shape index (κ1) is 33.9. The summed E-state index contributed by atoms with van der Waals surface area (Å²) in [7, 11) is 2.13. The predicted octanol–water partition coefficient (Wildman–Crippen LogP) is 8.42. The van der Waals surface area contributed by atoms with Crippen LogP contribution in [0.25, 0.3) is 28.2 Å². The lowest BCUT2D eigenvalue weighted by atomic mass is 9.72. The number of fused-ring (bicyclic) bond motifs is 5. The van der Waals surface area contributed by atoms with E-state index in [4.69, 9.17) is 21.4 Å². The van der Waals surface area contributed by atoms with Crippen LogP contribution in [0.3, 0.4) is 0 Å². The molecule has 50 heavy (non-hydrogen) atoms. The molecular weight excluding hydrogens is 650 g/mol. The van der Waals surface area contributed by atoms with Gasteiger partial charge in [0.05, 0.1) is 17.8 Å². The number of carboxylic acid groups (broad SMARTS) is 1. The van der Waals surface area contributed by atoms with Crippen LogP contribution in [-0.2, 0) is 22.6 Å². The molecule has 0 bridgehead atoms. The number of hydrogen-bond acceptors (Lipinski definition) is 5. The summed E-state index contributed by atoms with van der Waals surface area (Å²) in [6.45, 7) is 4.22. The number of Topliss-reactive ketones (excluding diaryl/α,β-unsaturated/α-hetero) is 1. The highest BCUT2D eigenvalue weighted by Crippen LogP contribution is 2.48. The number of aliphatic carboxylic acids is 1. The number of aromatic nitrogens is 1. The SMILES string of the molecule is CCOc1ccc2c(c1)N(C)CCn1c-2c(C2CCCCC2)c2ccc(C(=O)NC3(C(=O)Cc4ccc(Cl)c(/C=C/C(=O)O)c4)CCC3)cc21. The highest BCUT2D eigenvalue weighted by Gasteiger charge is 2.45. The van der Waals surface area contributed by atoms with Gasteiger partial charge in [-0.2, -0.15) is 0 Å². The normalized spacial score (nSPS) is 17.1. The van der Waals surface area contributed by atoms with Crippen molar-refractivity contribution in [3.8, 4) is 17.0 Å². The molecule has 0 unspecified atom stereocenters. The third kappa shape index (κ3) is 6.41. The number of nitrogens with zero attached hydrogens (tertiary/aromatic N) is 2. The molecule has 3 aliphatic rings. The van der Waals surface area contributed by atoms with Crippen LogP contribution in [0.4, 0.5) is 5.69 Å². The Morgan fingerprint density at radius 2 is 1.80 bits per heavy atom. The summed E-state index contributed by atoms with van der Waals surface area (Å²) in [4.78, 5) is 41.2. The first-order valence-corrected chi connectivity index (χ1v) is 18.2. The molecule has 4 aromatic rings. The number of rotatable bonds is 10. The van der Waals surface area contributed by atoms with Gasteiger partial charge in [0, 0.05) is 71.4 Å². The van der Waals surface area contributed by atoms with Crippen LogP contribution in [0.15, 0.2) is 60.7 Å². The number of amides is 1. The number of anilines is 1. The second-order valence-electron chi connectivity index (χ2n) is 14.0. The molecule has 2 N–H and O–H groups in total. The van der Waals surface area contributed by atoms with E-state index in [0.29, 0.717) is 41.5 Å². The lowest BCUT2D eigenvalue weighted by molar-refractivity contribution is -0.131. The molecule has 1 amide bonds. The number of likely N-dealkylation sites (N-methyl/N-ethyl adjacent to an activating group) is 1. The second-order valence-corrected chi connectivity index (χ2v) is 14.4. The van der Waals surface area contributed by atoms with Crippen molar-refractivity contribution in [2.24, 2.45) is 0 Å². The van der Waals surface area contributed by atoms with Crippen molar-refractivity contribution in [3.05, 3.63) is 87.9 Å². The van der Waals surface area contributed by atoms with Crippen LogP contribution in [0.5, 0.6) is 5.75 Å². The molecule has 1 aliphatic heterocycles. The molecule has 0 spiro atoms. The summed E-state index contributed by atoms with van der Waals surface area (Å²) in [6, 6.07) is 17.7. The molecule has 8 nitrogen and oxygen atoms in total. The topological polar surface area (TPSA) is 101 Å². The molecule has 260 valence electrons. The van der Waals surface area contributed by atoms with Crippen LogP contribution >= 0.6 is 11.6 Å². The summed E-state index contributed by atoms with van der Waals surface area (Å²) < 4.78 is 8.32. The smallest absolute Gasteiger partial charge is 0.328 e. The second kappa shape index (κ2) is 14.0. The van der Waals surface area contributed by atoms with Crippen molar-refractivity contribution in [3.63, 3.8) is 0 Å². The molecule has 0 radical (unpaired) electrons. The number of ketones is 1. The summed E-state index contributed by atoms with van der Waals surface area (Å²) >= 11 is 6.28. The zero-order valence-corrected chi connectivity index (χ0v) is 29.5. The minimum Gasteiger partial charge on any atom is -0.494 e. The molecule has 2 aliphatic carbocycles. The minimum absolute atomic E-state index is 0.0594. The molecule has 2 heterocycles. The molecule has 0 saturated heterocycles. The molecule has 3 aromatic carbocycles. The molecule has 1 aromatic heterocycles. The monoisotopic (exact) mass is 693 g/mol. The molecule has 2 saturated carbocycles. The molecule has 2 fully saturated rings. The number of carbonyl (C=O) groups is 3. The molecule has 0 atom stereocenters. The van der Waals surface area contributed by atoms with E-state index in [1.165, 1.54) is 47.5 Å². The van der Waals surface area contributed by atoms with E-state index in [1.807, 2.05) is 19.1 Å². The van der Waals surface area contributed by atoms with Crippen LogP contribution in [0, 0.1) is 0 Å². The van der Waals surface area contributed by atoms with Crippen molar-refractivity contribution < 1.29 is 24.2 Å². The van der Waals surface area contributed by atoms with Gasteiger partial charge in [-0.25, -0.2) is 4.79 Å². The standard InChI is InChI=1S/C41H44ClN3O5/c1-3-50-30-13-15-32-34(25-30)44(2)20-21-45-35-24-29(11-14-31(35)38(39(32)45)27-8-5-4-6-9-27)40(49)43-41(18-7-19-41)36(46)23-26-10-16-33(42)28(22-26)12-17-37(47)48/h10-17,22,24-25,27H,3-9,18-21,23H2,1-2H3,(H,43,49)(H,47,48)/b17-12+. The zero-order valence-electron chi connectivity index (χ0n) is 28.8. The van der Waals surface area contributed by atoms with Gasteiger partial charge in [-0.15, -0.1) is 0 Å². The average molecular weight is 694 g/mol. The van der Waals surface area contributed by atoms with Crippen LogP contribution in [0.1, 0.15) is 91.3 Å². The van der Waals surface area contributed by atoms with E-state index < -0.39 is 11.5 Å².